The fourth-order valence-electron chi connectivity index (χ4n) is 4.89. The summed E-state index contributed by atoms with van der Waals surface area (Å²) in [6, 6.07) is 19.3. The van der Waals surface area contributed by atoms with E-state index in [0.717, 1.165) is 28.1 Å². The minimum atomic E-state index is -0.315. The molecule has 0 radical (unpaired) electrons. The van der Waals surface area contributed by atoms with E-state index in [1.165, 1.54) is 0 Å². The molecule has 3 heterocycles. The molecule has 34 heavy (non-hydrogen) atoms. The first-order chi connectivity index (χ1) is 16.5. The zero-order valence-electron chi connectivity index (χ0n) is 19.1. The smallest absolute Gasteiger partial charge is 0.258 e. The fourth-order valence-corrected chi connectivity index (χ4v) is 4.89. The number of pyridine rings is 1. The summed E-state index contributed by atoms with van der Waals surface area (Å²) < 4.78 is 7.21. The molecule has 0 aliphatic carbocycles. The van der Waals surface area contributed by atoms with Crippen LogP contribution >= 0.6 is 0 Å². The van der Waals surface area contributed by atoms with Crippen LogP contribution in [-0.2, 0) is 29.1 Å². The van der Waals surface area contributed by atoms with Crippen molar-refractivity contribution < 1.29 is 14.3 Å². The zero-order valence-corrected chi connectivity index (χ0v) is 19.1. The average Bonchev–Trinajstić information content (AvgIpc) is 3.31. The lowest BCUT2D eigenvalue weighted by Crippen LogP contribution is -2.42. The Labute approximate surface area is 198 Å². The molecule has 0 saturated carbocycles. The third-order valence-electron chi connectivity index (χ3n) is 6.67. The third kappa shape index (κ3) is 4.21. The minimum absolute atomic E-state index is 0.00388. The van der Waals surface area contributed by atoms with Gasteiger partial charge in [0.05, 0.1) is 19.6 Å². The normalized spacial score (nSPS) is 17.3. The van der Waals surface area contributed by atoms with Crippen LogP contribution in [0.25, 0.3) is 11.1 Å². The Morgan fingerprint density at radius 1 is 1.09 bits per heavy atom. The van der Waals surface area contributed by atoms with E-state index in [1.54, 1.807) is 7.11 Å². The number of nitrogens with zero attached hydrogens (tertiary/aromatic N) is 2. The molecule has 1 N–H and O–H groups in total. The molecule has 2 amide bonds. The second-order valence-corrected chi connectivity index (χ2v) is 8.85. The minimum Gasteiger partial charge on any atom is -0.497 e. The van der Waals surface area contributed by atoms with Gasteiger partial charge < -0.3 is 19.5 Å². The summed E-state index contributed by atoms with van der Waals surface area (Å²) >= 11 is 0. The van der Waals surface area contributed by atoms with Crippen LogP contribution in [0.3, 0.4) is 0 Å². The van der Waals surface area contributed by atoms with E-state index in [-0.39, 0.29) is 29.7 Å². The van der Waals surface area contributed by atoms with Crippen LogP contribution in [0.15, 0.2) is 65.5 Å². The van der Waals surface area contributed by atoms with Gasteiger partial charge in [-0.3, -0.25) is 14.4 Å². The lowest BCUT2D eigenvalue weighted by Gasteiger charge is -2.32. The van der Waals surface area contributed by atoms with Crippen LogP contribution in [0.1, 0.15) is 23.2 Å². The summed E-state index contributed by atoms with van der Waals surface area (Å²) in [5.41, 5.74) is 4.33. The summed E-state index contributed by atoms with van der Waals surface area (Å²) in [5.74, 6) is 0.352. The van der Waals surface area contributed by atoms with E-state index in [0.29, 0.717) is 38.2 Å². The van der Waals surface area contributed by atoms with Gasteiger partial charge in [0.15, 0.2) is 0 Å². The number of carbonyl (C=O) groups excluding carboxylic acids is 2. The highest BCUT2D eigenvalue weighted by molar-refractivity contribution is 5.89. The Balaban J connectivity index is 1.54. The Bertz CT molecular complexity index is 1300. The van der Waals surface area contributed by atoms with Crippen molar-refractivity contribution in [3.05, 3.63) is 87.8 Å². The van der Waals surface area contributed by atoms with Gasteiger partial charge in [-0.1, -0.05) is 42.5 Å². The lowest BCUT2D eigenvalue weighted by atomic mass is 9.97. The van der Waals surface area contributed by atoms with Gasteiger partial charge in [-0.15, -0.1) is 0 Å². The lowest BCUT2D eigenvalue weighted by molar-refractivity contribution is -0.136. The fraction of sp³-hybridized carbons (Fsp3) is 0.296. The first kappa shape index (κ1) is 21.9. The maximum atomic E-state index is 13.7. The molecule has 1 unspecified atom stereocenters. The molecule has 2 aliphatic heterocycles. The van der Waals surface area contributed by atoms with E-state index in [1.807, 2.05) is 70.1 Å². The molecule has 3 aromatic rings. The van der Waals surface area contributed by atoms with E-state index >= 15 is 0 Å². The van der Waals surface area contributed by atoms with Gasteiger partial charge in [0.25, 0.3) is 5.56 Å². The number of hydrogen-bond donors (Lipinski definition) is 1. The second-order valence-electron chi connectivity index (χ2n) is 8.85. The second kappa shape index (κ2) is 9.17. The van der Waals surface area contributed by atoms with Gasteiger partial charge in [-0.2, -0.15) is 0 Å². The predicted molar refractivity (Wildman–Crippen MR) is 128 cm³/mol. The molecular weight excluding hydrogens is 430 g/mol. The molecule has 2 aliphatic rings. The molecule has 1 saturated heterocycles. The van der Waals surface area contributed by atoms with Gasteiger partial charge in [0, 0.05) is 43.7 Å². The van der Waals surface area contributed by atoms with Crippen LogP contribution in [0, 0.1) is 5.92 Å². The quantitative estimate of drug-likeness (QED) is 0.639. The van der Waals surface area contributed by atoms with Crippen molar-refractivity contribution in [2.24, 2.45) is 5.92 Å². The Hall–Kier alpha value is -3.87. The molecular formula is C27H27N3O4. The van der Waals surface area contributed by atoms with Gasteiger partial charge in [0.1, 0.15) is 5.75 Å². The van der Waals surface area contributed by atoms with Crippen molar-refractivity contribution in [3.8, 4) is 16.9 Å². The first-order valence-electron chi connectivity index (χ1n) is 11.5. The van der Waals surface area contributed by atoms with Crippen molar-refractivity contribution >= 4 is 11.8 Å². The number of rotatable bonds is 5. The highest BCUT2D eigenvalue weighted by atomic mass is 16.5. The zero-order chi connectivity index (χ0) is 23.7. The molecule has 2 aromatic carbocycles. The summed E-state index contributed by atoms with van der Waals surface area (Å²) in [7, 11) is 1.63. The van der Waals surface area contributed by atoms with Crippen LogP contribution < -0.4 is 15.6 Å². The van der Waals surface area contributed by atoms with Crippen molar-refractivity contribution in [2.75, 3.05) is 20.2 Å². The maximum Gasteiger partial charge on any atom is 0.258 e. The Kier molecular flexibility index (Phi) is 5.92. The number of nitrogens with one attached hydrogen (secondary N) is 1. The molecule has 7 heteroatoms. The standard InChI is InChI=1S/C27H27N3O4/c1-34-22-9-5-6-18(12-22)16-30-24-10-11-29(26(32)20-14-25(31)28-15-20)17-21(24)13-23(27(30)33)19-7-3-2-4-8-19/h2-9,12-13,20H,10-11,14-17H2,1H3,(H,28,31). The molecule has 0 spiro atoms. The number of carbonyl (C=O) groups is 2. The van der Waals surface area contributed by atoms with E-state index in [9.17, 15) is 14.4 Å². The summed E-state index contributed by atoms with van der Waals surface area (Å²) in [6.07, 6.45) is 0.830. The highest BCUT2D eigenvalue weighted by Gasteiger charge is 2.33. The average molecular weight is 458 g/mol. The van der Waals surface area contributed by atoms with Crippen LogP contribution in [0.4, 0.5) is 0 Å². The molecule has 1 aromatic heterocycles. The molecule has 0 bridgehead atoms. The number of methoxy groups -OCH3 is 1. The van der Waals surface area contributed by atoms with Gasteiger partial charge >= 0.3 is 0 Å². The predicted octanol–water partition coefficient (Wildman–Crippen LogP) is 2.59. The van der Waals surface area contributed by atoms with E-state index < -0.39 is 0 Å². The van der Waals surface area contributed by atoms with E-state index in [4.69, 9.17) is 4.74 Å². The summed E-state index contributed by atoms with van der Waals surface area (Å²) in [6.45, 7) is 1.77. The number of ether oxygens (including phenoxy) is 1. The summed E-state index contributed by atoms with van der Waals surface area (Å²) in [5, 5.41) is 2.75. The number of amides is 2. The molecule has 1 fully saturated rings. The van der Waals surface area contributed by atoms with Gasteiger partial charge in [0.2, 0.25) is 11.8 Å². The number of benzene rings is 2. The van der Waals surface area contributed by atoms with Crippen molar-refractivity contribution in [1.29, 1.82) is 0 Å². The largest absolute Gasteiger partial charge is 0.497 e. The number of hydrogen-bond acceptors (Lipinski definition) is 4. The molecule has 1 atom stereocenters. The van der Waals surface area contributed by atoms with Crippen LogP contribution in [-0.4, -0.2) is 41.5 Å². The van der Waals surface area contributed by atoms with Crippen LogP contribution in [0.5, 0.6) is 5.75 Å². The molecule has 174 valence electrons. The van der Waals surface area contributed by atoms with Crippen molar-refractivity contribution in [3.63, 3.8) is 0 Å². The third-order valence-corrected chi connectivity index (χ3v) is 6.67. The monoisotopic (exact) mass is 457 g/mol. The van der Waals surface area contributed by atoms with Crippen LogP contribution in [0.2, 0.25) is 0 Å². The van der Waals surface area contributed by atoms with Gasteiger partial charge in [-0.05, 0) is 34.9 Å². The first-order valence-corrected chi connectivity index (χ1v) is 11.5. The number of aromatic nitrogens is 1. The highest BCUT2D eigenvalue weighted by Crippen LogP contribution is 2.26. The van der Waals surface area contributed by atoms with Crippen molar-refractivity contribution in [2.45, 2.75) is 25.9 Å². The Morgan fingerprint density at radius 3 is 2.65 bits per heavy atom. The van der Waals surface area contributed by atoms with Crippen molar-refractivity contribution in [1.82, 2.24) is 14.8 Å². The van der Waals surface area contributed by atoms with Gasteiger partial charge in [-0.25, -0.2) is 0 Å². The Morgan fingerprint density at radius 2 is 1.91 bits per heavy atom. The number of fused-ring (bicyclic) bond motifs is 1. The topological polar surface area (TPSA) is 80.6 Å². The molecule has 5 rings (SSSR count). The molecule has 7 nitrogen and oxygen atoms in total. The summed E-state index contributed by atoms with van der Waals surface area (Å²) in [4.78, 5) is 40.2. The SMILES string of the molecule is COc1cccc(Cn2c3c(cc(-c4ccccc4)c2=O)CN(C(=O)C2CNC(=O)C2)CC3)c1. The van der Waals surface area contributed by atoms with E-state index in [2.05, 4.69) is 5.32 Å². The maximum absolute atomic E-state index is 13.7.